The van der Waals surface area contributed by atoms with Gasteiger partial charge in [-0.3, -0.25) is 0 Å². The van der Waals surface area contributed by atoms with Crippen LogP contribution in [0.5, 0.6) is 5.75 Å². The third-order valence-corrected chi connectivity index (χ3v) is 5.35. The molecule has 0 aliphatic heterocycles. The molecule has 0 aliphatic carbocycles. The van der Waals surface area contributed by atoms with Crippen molar-refractivity contribution in [3.8, 4) is 5.75 Å². The van der Waals surface area contributed by atoms with Gasteiger partial charge in [-0.1, -0.05) is 95.6 Å². The number of thioether (sulfide) groups is 1. The van der Waals surface area contributed by atoms with Gasteiger partial charge in [-0.2, -0.15) is 5.10 Å². The molecule has 0 unspecified atom stereocenters. The zero-order valence-electron chi connectivity index (χ0n) is 15.5. The van der Waals surface area contributed by atoms with E-state index in [2.05, 4.69) is 10.2 Å². The molecule has 0 atom stereocenters. The summed E-state index contributed by atoms with van der Waals surface area (Å²) in [6, 6.07) is 23.3. The highest BCUT2D eigenvalue weighted by atomic mass is 35.5. The highest BCUT2D eigenvalue weighted by molar-refractivity contribution is 8.13. The van der Waals surface area contributed by atoms with E-state index >= 15 is 0 Å². The lowest BCUT2D eigenvalue weighted by Crippen LogP contribution is -2.06. The fourth-order valence-electron chi connectivity index (χ4n) is 2.41. The van der Waals surface area contributed by atoms with Gasteiger partial charge in [-0.25, -0.2) is 0 Å². The van der Waals surface area contributed by atoms with Crippen molar-refractivity contribution in [3.05, 3.63) is 99.5 Å². The van der Waals surface area contributed by atoms with Crippen LogP contribution in [0.4, 0.5) is 0 Å². The molecule has 0 saturated carbocycles. The van der Waals surface area contributed by atoms with E-state index in [1.807, 2.05) is 60.7 Å². The first-order chi connectivity index (χ1) is 14.1. The van der Waals surface area contributed by atoms with Gasteiger partial charge in [0.05, 0.1) is 16.3 Å². The lowest BCUT2D eigenvalue weighted by molar-refractivity contribution is 0.306. The second-order valence-electron chi connectivity index (χ2n) is 6.03. The highest BCUT2D eigenvalue weighted by Gasteiger charge is 2.08. The van der Waals surface area contributed by atoms with Crippen molar-refractivity contribution in [2.24, 2.45) is 15.9 Å². The average molecular weight is 444 g/mol. The Hall–Kier alpha value is -2.47. The van der Waals surface area contributed by atoms with Gasteiger partial charge in [0.25, 0.3) is 0 Å². The summed E-state index contributed by atoms with van der Waals surface area (Å²) in [4.78, 5) is 0. The van der Waals surface area contributed by atoms with Crippen molar-refractivity contribution in [2.75, 3.05) is 0 Å². The van der Waals surface area contributed by atoms with Crippen LogP contribution in [-0.4, -0.2) is 11.4 Å². The number of halogens is 2. The minimum Gasteiger partial charge on any atom is -0.489 e. The topological polar surface area (TPSA) is 60.0 Å². The second kappa shape index (κ2) is 10.9. The summed E-state index contributed by atoms with van der Waals surface area (Å²) in [7, 11) is 0. The maximum Gasteiger partial charge on any atom is 0.180 e. The first kappa shape index (κ1) is 21.2. The summed E-state index contributed by atoms with van der Waals surface area (Å²) in [5, 5.41) is 9.21. The Kier molecular flexibility index (Phi) is 7.99. The highest BCUT2D eigenvalue weighted by Crippen LogP contribution is 2.29. The normalized spacial score (nSPS) is 11.7. The zero-order valence-corrected chi connectivity index (χ0v) is 17.8. The third-order valence-electron chi connectivity index (χ3n) is 3.87. The van der Waals surface area contributed by atoms with Crippen molar-refractivity contribution in [1.29, 1.82) is 0 Å². The Morgan fingerprint density at radius 2 is 1.52 bits per heavy atom. The second-order valence-corrected chi connectivity index (χ2v) is 7.84. The molecule has 2 N–H and O–H groups in total. The molecule has 0 amide bonds. The van der Waals surface area contributed by atoms with E-state index in [1.165, 1.54) is 18.0 Å². The number of ether oxygens (including phenoxy) is 1. The third kappa shape index (κ3) is 6.82. The Morgan fingerprint density at radius 1 is 0.931 bits per heavy atom. The minimum atomic E-state index is 0.361. The molecule has 0 bridgehead atoms. The van der Waals surface area contributed by atoms with E-state index in [0.29, 0.717) is 33.1 Å². The van der Waals surface area contributed by atoms with Crippen LogP contribution < -0.4 is 10.5 Å². The largest absolute Gasteiger partial charge is 0.489 e. The van der Waals surface area contributed by atoms with Gasteiger partial charge < -0.3 is 10.5 Å². The maximum absolute atomic E-state index is 6.33. The van der Waals surface area contributed by atoms with Crippen LogP contribution in [0.25, 0.3) is 0 Å². The number of hydrogen-bond donors (Lipinski definition) is 1. The first-order valence-corrected chi connectivity index (χ1v) is 10.5. The monoisotopic (exact) mass is 443 g/mol. The predicted octanol–water partition coefficient (Wildman–Crippen LogP) is 6.15. The molecule has 0 fully saturated rings. The van der Waals surface area contributed by atoms with E-state index in [4.69, 9.17) is 33.7 Å². The van der Waals surface area contributed by atoms with Crippen molar-refractivity contribution in [3.63, 3.8) is 0 Å². The maximum atomic E-state index is 6.33. The van der Waals surface area contributed by atoms with Crippen LogP contribution >= 0.6 is 35.0 Å². The molecular weight excluding hydrogens is 425 g/mol. The van der Waals surface area contributed by atoms with Crippen LogP contribution in [0.3, 0.4) is 0 Å². The number of benzene rings is 3. The van der Waals surface area contributed by atoms with E-state index in [0.717, 1.165) is 16.9 Å². The number of amidine groups is 1. The Bertz CT molecular complexity index is 972. The number of rotatable bonds is 7. The Morgan fingerprint density at radius 3 is 2.14 bits per heavy atom. The summed E-state index contributed by atoms with van der Waals surface area (Å²) < 4.78 is 5.76. The SMILES string of the molecule is NC(=NN=Cc1c(Cl)cc(OCc2ccccc2)cc1Cl)SCc1ccccc1. The molecule has 0 radical (unpaired) electrons. The molecule has 148 valence electrons. The van der Waals surface area contributed by atoms with Crippen LogP contribution in [0, 0.1) is 0 Å². The smallest absolute Gasteiger partial charge is 0.180 e. The molecule has 3 aromatic rings. The zero-order chi connectivity index (χ0) is 20.5. The van der Waals surface area contributed by atoms with Crippen LogP contribution in [0.15, 0.2) is 83.0 Å². The van der Waals surface area contributed by atoms with E-state index < -0.39 is 0 Å². The molecule has 29 heavy (non-hydrogen) atoms. The van der Waals surface area contributed by atoms with Crippen LogP contribution in [0.1, 0.15) is 16.7 Å². The number of nitrogens with zero attached hydrogens (tertiary/aromatic N) is 2. The molecule has 0 heterocycles. The molecule has 0 aliphatic rings. The molecule has 3 aromatic carbocycles. The summed E-state index contributed by atoms with van der Waals surface area (Å²) in [5.74, 6) is 1.31. The molecule has 3 rings (SSSR count). The standard InChI is InChI=1S/C22H19Cl2N3OS/c23-20-11-18(28-14-16-7-3-1-4-8-16)12-21(24)19(20)13-26-27-22(25)29-15-17-9-5-2-6-10-17/h1-13H,14-15H2,(H2,25,27). The lowest BCUT2D eigenvalue weighted by Gasteiger charge is -2.09. The average Bonchev–Trinajstić information content (AvgIpc) is 2.74. The molecule has 4 nitrogen and oxygen atoms in total. The summed E-state index contributed by atoms with van der Waals surface area (Å²) in [6.07, 6.45) is 1.49. The Balaban J connectivity index is 1.59. The van der Waals surface area contributed by atoms with Gasteiger partial charge in [0.2, 0.25) is 0 Å². The van der Waals surface area contributed by atoms with E-state index in [9.17, 15) is 0 Å². The van der Waals surface area contributed by atoms with Crippen molar-refractivity contribution in [2.45, 2.75) is 12.4 Å². The first-order valence-electron chi connectivity index (χ1n) is 8.81. The summed E-state index contributed by atoms with van der Waals surface area (Å²) in [6.45, 7) is 0.431. The molecule has 7 heteroatoms. The lowest BCUT2D eigenvalue weighted by atomic mass is 10.2. The van der Waals surface area contributed by atoms with Crippen LogP contribution in [-0.2, 0) is 12.4 Å². The van der Waals surface area contributed by atoms with Crippen molar-refractivity contribution in [1.82, 2.24) is 0 Å². The van der Waals surface area contributed by atoms with E-state index in [-0.39, 0.29) is 0 Å². The number of nitrogens with two attached hydrogens (primary N) is 1. The van der Waals surface area contributed by atoms with Crippen molar-refractivity contribution < 1.29 is 4.74 Å². The fraction of sp³-hybridized carbons (Fsp3) is 0.0909. The van der Waals surface area contributed by atoms with Gasteiger partial charge >= 0.3 is 0 Å². The molecule has 0 saturated heterocycles. The fourth-order valence-corrected chi connectivity index (χ4v) is 3.59. The summed E-state index contributed by atoms with van der Waals surface area (Å²) in [5.41, 5.74) is 8.68. The van der Waals surface area contributed by atoms with E-state index in [1.54, 1.807) is 12.1 Å². The van der Waals surface area contributed by atoms with Crippen molar-refractivity contribution >= 4 is 46.3 Å². The van der Waals surface area contributed by atoms with Gasteiger partial charge in [0, 0.05) is 11.3 Å². The van der Waals surface area contributed by atoms with Gasteiger partial charge in [-0.15, -0.1) is 5.10 Å². The Labute approximate surface area is 184 Å². The number of hydrogen-bond acceptors (Lipinski definition) is 4. The predicted molar refractivity (Wildman–Crippen MR) is 124 cm³/mol. The molecular formula is C22H19Cl2N3OS. The van der Waals surface area contributed by atoms with Crippen LogP contribution in [0.2, 0.25) is 10.0 Å². The molecule has 0 aromatic heterocycles. The molecule has 0 spiro atoms. The minimum absolute atomic E-state index is 0.361. The van der Waals surface area contributed by atoms with Gasteiger partial charge in [0.1, 0.15) is 12.4 Å². The van der Waals surface area contributed by atoms with Gasteiger partial charge in [0.15, 0.2) is 5.17 Å². The summed E-state index contributed by atoms with van der Waals surface area (Å²) >= 11 is 14.1. The van der Waals surface area contributed by atoms with Gasteiger partial charge in [-0.05, 0) is 23.3 Å². The quantitative estimate of drug-likeness (QED) is 0.270.